The summed E-state index contributed by atoms with van der Waals surface area (Å²) >= 11 is 0. The molecular formula is C15H25N3. The molecule has 0 spiro atoms. The van der Waals surface area contributed by atoms with E-state index in [4.69, 9.17) is 0 Å². The Morgan fingerprint density at radius 2 is 1.89 bits per heavy atom. The third-order valence-corrected chi connectivity index (χ3v) is 3.78. The number of hydrogen-bond acceptors (Lipinski definition) is 3. The van der Waals surface area contributed by atoms with Gasteiger partial charge in [-0.15, -0.1) is 0 Å². The minimum absolute atomic E-state index is 0.619. The number of anilines is 2. The summed E-state index contributed by atoms with van der Waals surface area (Å²) in [6.45, 7) is 5.87. The molecule has 1 saturated heterocycles. The fourth-order valence-corrected chi connectivity index (χ4v) is 2.60. The Hall–Kier alpha value is -1.22. The molecule has 1 aromatic rings. The first-order valence-corrected chi connectivity index (χ1v) is 6.96. The number of benzene rings is 1. The van der Waals surface area contributed by atoms with Gasteiger partial charge in [0, 0.05) is 33.2 Å². The standard InChI is InChI=1S/C15H25N3/c1-4-18-11-9-13(10-12-18)16-14-7-5-6-8-15(14)17(2)3/h5-8,13,16H,4,9-12H2,1-3H3. The van der Waals surface area contributed by atoms with E-state index in [-0.39, 0.29) is 0 Å². The lowest BCUT2D eigenvalue weighted by Gasteiger charge is -2.32. The van der Waals surface area contributed by atoms with Gasteiger partial charge < -0.3 is 15.1 Å². The fraction of sp³-hybridized carbons (Fsp3) is 0.600. The van der Waals surface area contributed by atoms with Gasteiger partial charge in [0.05, 0.1) is 11.4 Å². The summed E-state index contributed by atoms with van der Waals surface area (Å²) in [6, 6.07) is 9.18. The quantitative estimate of drug-likeness (QED) is 0.882. The van der Waals surface area contributed by atoms with Gasteiger partial charge in [0.15, 0.2) is 0 Å². The van der Waals surface area contributed by atoms with Crippen molar-refractivity contribution < 1.29 is 0 Å². The first-order valence-electron chi connectivity index (χ1n) is 6.96. The summed E-state index contributed by atoms with van der Waals surface area (Å²) in [7, 11) is 4.19. The Kier molecular flexibility index (Phi) is 4.48. The Balaban J connectivity index is 1.98. The van der Waals surface area contributed by atoms with Gasteiger partial charge >= 0.3 is 0 Å². The third-order valence-electron chi connectivity index (χ3n) is 3.78. The van der Waals surface area contributed by atoms with Crippen molar-refractivity contribution in [2.45, 2.75) is 25.8 Å². The minimum atomic E-state index is 0.619. The van der Waals surface area contributed by atoms with Crippen LogP contribution in [0.15, 0.2) is 24.3 Å². The van der Waals surface area contributed by atoms with Gasteiger partial charge in [-0.2, -0.15) is 0 Å². The third kappa shape index (κ3) is 3.16. The van der Waals surface area contributed by atoms with Crippen LogP contribution in [0.5, 0.6) is 0 Å². The SMILES string of the molecule is CCN1CCC(Nc2ccccc2N(C)C)CC1. The van der Waals surface area contributed by atoms with Crippen molar-refractivity contribution in [3.05, 3.63) is 24.3 Å². The van der Waals surface area contributed by atoms with Gasteiger partial charge in [-0.05, 0) is 31.5 Å². The molecule has 3 nitrogen and oxygen atoms in total. The summed E-state index contributed by atoms with van der Waals surface area (Å²) in [5.41, 5.74) is 2.54. The summed E-state index contributed by atoms with van der Waals surface area (Å²) in [4.78, 5) is 4.69. The van der Waals surface area contributed by atoms with Crippen LogP contribution in [0.25, 0.3) is 0 Å². The van der Waals surface area contributed by atoms with Crippen molar-refractivity contribution in [1.29, 1.82) is 0 Å². The lowest BCUT2D eigenvalue weighted by atomic mass is 10.0. The molecule has 1 aliphatic heterocycles. The highest BCUT2D eigenvalue weighted by Crippen LogP contribution is 2.26. The van der Waals surface area contributed by atoms with Crippen molar-refractivity contribution in [1.82, 2.24) is 4.90 Å². The van der Waals surface area contributed by atoms with E-state index < -0.39 is 0 Å². The molecule has 2 rings (SSSR count). The number of hydrogen-bond donors (Lipinski definition) is 1. The molecule has 0 saturated carbocycles. The van der Waals surface area contributed by atoms with Crippen LogP contribution in [-0.2, 0) is 0 Å². The highest BCUT2D eigenvalue weighted by molar-refractivity contribution is 5.69. The van der Waals surface area contributed by atoms with E-state index in [1.807, 2.05) is 0 Å². The molecule has 0 bridgehead atoms. The van der Waals surface area contributed by atoms with Crippen LogP contribution in [-0.4, -0.2) is 44.7 Å². The number of nitrogens with zero attached hydrogens (tertiary/aromatic N) is 2. The summed E-state index contributed by atoms with van der Waals surface area (Å²) in [6.07, 6.45) is 2.49. The number of para-hydroxylation sites is 2. The van der Waals surface area contributed by atoms with Gasteiger partial charge in [0.25, 0.3) is 0 Å². The molecule has 0 aliphatic carbocycles. The van der Waals surface area contributed by atoms with Crippen molar-refractivity contribution in [2.24, 2.45) is 0 Å². The maximum absolute atomic E-state index is 3.71. The van der Waals surface area contributed by atoms with Gasteiger partial charge in [0.1, 0.15) is 0 Å². The van der Waals surface area contributed by atoms with Crippen LogP contribution in [0.3, 0.4) is 0 Å². The average molecular weight is 247 g/mol. The predicted molar refractivity (Wildman–Crippen MR) is 79.5 cm³/mol. The number of nitrogens with one attached hydrogen (secondary N) is 1. The zero-order valence-electron chi connectivity index (χ0n) is 11.8. The molecule has 1 fully saturated rings. The average Bonchev–Trinajstić information content (AvgIpc) is 2.40. The van der Waals surface area contributed by atoms with E-state index in [0.717, 1.165) is 0 Å². The Morgan fingerprint density at radius 3 is 2.50 bits per heavy atom. The minimum Gasteiger partial charge on any atom is -0.381 e. The molecule has 0 unspecified atom stereocenters. The maximum atomic E-state index is 3.71. The topological polar surface area (TPSA) is 18.5 Å². The van der Waals surface area contributed by atoms with E-state index in [2.05, 4.69) is 60.4 Å². The number of piperidine rings is 1. The van der Waals surface area contributed by atoms with Gasteiger partial charge in [-0.1, -0.05) is 19.1 Å². The van der Waals surface area contributed by atoms with Crippen molar-refractivity contribution >= 4 is 11.4 Å². The molecule has 0 radical (unpaired) electrons. The van der Waals surface area contributed by atoms with Crippen molar-refractivity contribution in [3.63, 3.8) is 0 Å². The Labute approximate surface area is 111 Å². The Morgan fingerprint density at radius 1 is 1.22 bits per heavy atom. The van der Waals surface area contributed by atoms with Gasteiger partial charge in [0.2, 0.25) is 0 Å². The van der Waals surface area contributed by atoms with E-state index in [9.17, 15) is 0 Å². The van der Waals surface area contributed by atoms with Crippen LogP contribution >= 0.6 is 0 Å². The molecule has 1 N–H and O–H groups in total. The molecule has 18 heavy (non-hydrogen) atoms. The second-order valence-corrected chi connectivity index (χ2v) is 5.26. The molecule has 1 heterocycles. The molecular weight excluding hydrogens is 222 g/mol. The first kappa shape index (κ1) is 13.2. The lowest BCUT2D eigenvalue weighted by molar-refractivity contribution is 0.229. The molecule has 0 amide bonds. The molecule has 1 aliphatic rings. The zero-order valence-corrected chi connectivity index (χ0v) is 11.8. The summed E-state index contributed by atoms with van der Waals surface area (Å²) < 4.78 is 0. The highest BCUT2D eigenvalue weighted by Gasteiger charge is 2.18. The van der Waals surface area contributed by atoms with E-state index in [0.29, 0.717) is 6.04 Å². The zero-order chi connectivity index (χ0) is 13.0. The number of rotatable bonds is 4. The van der Waals surface area contributed by atoms with Gasteiger partial charge in [-0.25, -0.2) is 0 Å². The fourth-order valence-electron chi connectivity index (χ4n) is 2.60. The molecule has 0 atom stereocenters. The van der Waals surface area contributed by atoms with Crippen LogP contribution in [0.2, 0.25) is 0 Å². The normalized spacial score (nSPS) is 17.7. The first-order chi connectivity index (χ1) is 8.70. The van der Waals surface area contributed by atoms with Crippen molar-refractivity contribution in [3.8, 4) is 0 Å². The van der Waals surface area contributed by atoms with E-state index >= 15 is 0 Å². The van der Waals surface area contributed by atoms with E-state index in [1.54, 1.807) is 0 Å². The largest absolute Gasteiger partial charge is 0.381 e. The molecule has 0 aromatic heterocycles. The maximum Gasteiger partial charge on any atom is 0.0596 e. The highest BCUT2D eigenvalue weighted by atomic mass is 15.1. The molecule has 1 aromatic carbocycles. The summed E-state index contributed by atoms with van der Waals surface area (Å²) in [5, 5.41) is 3.71. The molecule has 3 heteroatoms. The van der Waals surface area contributed by atoms with Crippen LogP contribution < -0.4 is 10.2 Å². The van der Waals surface area contributed by atoms with Crippen LogP contribution in [0.1, 0.15) is 19.8 Å². The second kappa shape index (κ2) is 6.10. The lowest BCUT2D eigenvalue weighted by Crippen LogP contribution is -2.39. The smallest absolute Gasteiger partial charge is 0.0596 e. The van der Waals surface area contributed by atoms with E-state index in [1.165, 1.54) is 43.9 Å². The van der Waals surface area contributed by atoms with Crippen LogP contribution in [0.4, 0.5) is 11.4 Å². The molecule has 100 valence electrons. The van der Waals surface area contributed by atoms with Crippen molar-refractivity contribution in [2.75, 3.05) is 43.9 Å². The Bertz CT molecular complexity index is 368. The summed E-state index contributed by atoms with van der Waals surface area (Å²) in [5.74, 6) is 0. The number of likely N-dealkylation sites (tertiary alicyclic amines) is 1. The second-order valence-electron chi connectivity index (χ2n) is 5.26. The van der Waals surface area contributed by atoms with Crippen LogP contribution in [0, 0.1) is 0 Å². The monoisotopic (exact) mass is 247 g/mol. The van der Waals surface area contributed by atoms with Gasteiger partial charge in [-0.3, -0.25) is 0 Å². The predicted octanol–water partition coefficient (Wildman–Crippen LogP) is 2.65.